The fourth-order valence-electron chi connectivity index (χ4n) is 1.47. The van der Waals surface area contributed by atoms with Crippen molar-refractivity contribution in [2.75, 3.05) is 0 Å². The maximum absolute atomic E-state index is 10.8. The van der Waals surface area contributed by atoms with Crippen LogP contribution in [0.15, 0.2) is 52.2 Å². The van der Waals surface area contributed by atoms with E-state index in [0.717, 1.165) is 11.1 Å². The first kappa shape index (κ1) is 12.1. The van der Waals surface area contributed by atoms with Gasteiger partial charge in [-0.3, -0.25) is 0 Å². The van der Waals surface area contributed by atoms with Crippen molar-refractivity contribution in [3.63, 3.8) is 0 Å². The van der Waals surface area contributed by atoms with Crippen molar-refractivity contribution in [1.29, 1.82) is 0 Å². The molecule has 0 amide bonds. The third-order valence-electron chi connectivity index (χ3n) is 2.35. The van der Waals surface area contributed by atoms with E-state index in [-0.39, 0.29) is 0 Å². The number of rotatable bonds is 3. The molecule has 0 bridgehead atoms. The first-order valence-electron chi connectivity index (χ1n) is 5.53. The van der Waals surface area contributed by atoms with Crippen LogP contribution in [-0.2, 0) is 9.63 Å². The van der Waals surface area contributed by atoms with Gasteiger partial charge in [-0.2, -0.15) is 0 Å². The smallest absolute Gasteiger partial charge is 0.332 e. The van der Waals surface area contributed by atoms with Crippen molar-refractivity contribution in [1.82, 2.24) is 0 Å². The van der Waals surface area contributed by atoms with E-state index >= 15 is 0 Å². The molecule has 0 radical (unpaired) electrons. The Labute approximate surface area is 105 Å². The van der Waals surface area contributed by atoms with E-state index in [4.69, 9.17) is 9.25 Å². The molecule has 2 rings (SSSR count). The number of aryl methyl sites for hydroxylation is 1. The summed E-state index contributed by atoms with van der Waals surface area (Å²) in [6, 6.07) is 11.2. The molecule has 18 heavy (non-hydrogen) atoms. The summed E-state index contributed by atoms with van der Waals surface area (Å²) in [4.78, 5) is 15.5. The molecule has 92 valence electrons. The molecule has 0 aliphatic carbocycles. The fraction of sp³-hybridized carbons (Fsp3) is 0.143. The minimum absolute atomic E-state index is 0.467. The summed E-state index contributed by atoms with van der Waals surface area (Å²) >= 11 is 0. The molecular formula is C14H13NO3. The van der Waals surface area contributed by atoms with Crippen LogP contribution in [0.1, 0.15) is 23.8 Å². The van der Waals surface area contributed by atoms with Crippen LogP contribution in [0.25, 0.3) is 0 Å². The summed E-state index contributed by atoms with van der Waals surface area (Å²) in [6.07, 6.45) is 1.55. The molecule has 0 saturated carbocycles. The number of carbonyl (C=O) groups excluding carboxylic acids is 1. The van der Waals surface area contributed by atoms with Crippen molar-refractivity contribution >= 4 is 11.7 Å². The molecular weight excluding hydrogens is 230 g/mol. The van der Waals surface area contributed by atoms with Crippen LogP contribution >= 0.6 is 0 Å². The lowest BCUT2D eigenvalue weighted by Gasteiger charge is -2.03. The van der Waals surface area contributed by atoms with E-state index in [1.54, 1.807) is 18.4 Å². The Morgan fingerprint density at radius 1 is 1.22 bits per heavy atom. The zero-order valence-corrected chi connectivity index (χ0v) is 10.2. The Balaban J connectivity index is 2.39. The maximum Gasteiger partial charge on any atom is 0.332 e. The highest BCUT2D eigenvalue weighted by Crippen LogP contribution is 2.13. The largest absolute Gasteiger partial charge is 0.463 e. The SMILES string of the molecule is CC(=O)O/N=C(\c1ccc(C)cc1)c1ccco1. The van der Waals surface area contributed by atoms with Gasteiger partial charge in [-0.1, -0.05) is 35.0 Å². The first-order chi connectivity index (χ1) is 8.66. The standard InChI is InChI=1S/C14H13NO3/c1-10-5-7-12(8-6-10)14(15-18-11(2)16)13-4-3-9-17-13/h3-9H,1-2H3/b15-14+. The molecule has 4 nitrogen and oxygen atoms in total. The van der Waals surface area contributed by atoms with Gasteiger partial charge in [0.15, 0.2) is 11.5 Å². The molecule has 0 saturated heterocycles. The fourth-order valence-corrected chi connectivity index (χ4v) is 1.47. The van der Waals surface area contributed by atoms with Gasteiger partial charge in [0.2, 0.25) is 0 Å². The van der Waals surface area contributed by atoms with E-state index in [1.807, 2.05) is 31.2 Å². The molecule has 0 aliphatic rings. The van der Waals surface area contributed by atoms with E-state index in [9.17, 15) is 4.79 Å². The van der Waals surface area contributed by atoms with Gasteiger partial charge in [0.25, 0.3) is 0 Å². The zero-order chi connectivity index (χ0) is 13.0. The zero-order valence-electron chi connectivity index (χ0n) is 10.2. The lowest BCUT2D eigenvalue weighted by atomic mass is 10.1. The predicted octanol–water partition coefficient (Wildman–Crippen LogP) is 2.90. The second kappa shape index (κ2) is 5.31. The van der Waals surface area contributed by atoms with E-state index in [1.165, 1.54) is 6.92 Å². The Bertz CT molecular complexity index is 553. The summed E-state index contributed by atoms with van der Waals surface area (Å²) < 4.78 is 5.29. The number of carbonyl (C=O) groups is 1. The summed E-state index contributed by atoms with van der Waals surface area (Å²) in [5.74, 6) is 0.0891. The predicted molar refractivity (Wildman–Crippen MR) is 67.3 cm³/mol. The number of furan rings is 1. The molecule has 0 unspecified atom stereocenters. The monoisotopic (exact) mass is 243 g/mol. The molecule has 0 aliphatic heterocycles. The Morgan fingerprint density at radius 3 is 2.50 bits per heavy atom. The van der Waals surface area contributed by atoms with Gasteiger partial charge in [0.1, 0.15) is 0 Å². The minimum Gasteiger partial charge on any atom is -0.463 e. The average molecular weight is 243 g/mol. The number of nitrogens with zero attached hydrogens (tertiary/aromatic N) is 1. The van der Waals surface area contributed by atoms with Crippen LogP contribution in [0.4, 0.5) is 0 Å². The maximum atomic E-state index is 10.8. The minimum atomic E-state index is -0.467. The molecule has 0 atom stereocenters. The second-order valence-corrected chi connectivity index (χ2v) is 3.87. The molecule has 0 spiro atoms. The van der Waals surface area contributed by atoms with Crippen LogP contribution in [0, 0.1) is 6.92 Å². The van der Waals surface area contributed by atoms with Crippen LogP contribution in [-0.4, -0.2) is 11.7 Å². The number of oxime groups is 1. The molecule has 1 aromatic carbocycles. The number of hydrogen-bond donors (Lipinski definition) is 0. The van der Waals surface area contributed by atoms with Gasteiger partial charge in [0.05, 0.1) is 6.26 Å². The van der Waals surface area contributed by atoms with Gasteiger partial charge >= 0.3 is 5.97 Å². The summed E-state index contributed by atoms with van der Waals surface area (Å²) in [5, 5.41) is 3.84. The topological polar surface area (TPSA) is 51.8 Å². The molecule has 4 heteroatoms. The third kappa shape index (κ3) is 2.85. The quantitative estimate of drug-likeness (QED) is 0.473. The highest BCUT2D eigenvalue weighted by Gasteiger charge is 2.11. The second-order valence-electron chi connectivity index (χ2n) is 3.87. The van der Waals surface area contributed by atoms with E-state index in [0.29, 0.717) is 11.5 Å². The van der Waals surface area contributed by atoms with Crippen molar-refractivity contribution in [3.05, 3.63) is 59.5 Å². The van der Waals surface area contributed by atoms with Gasteiger partial charge in [-0.25, -0.2) is 4.79 Å². The first-order valence-corrected chi connectivity index (χ1v) is 5.53. The average Bonchev–Trinajstić information content (AvgIpc) is 2.85. The highest BCUT2D eigenvalue weighted by atomic mass is 16.7. The van der Waals surface area contributed by atoms with Crippen molar-refractivity contribution in [2.24, 2.45) is 5.16 Å². The van der Waals surface area contributed by atoms with Crippen molar-refractivity contribution in [3.8, 4) is 0 Å². The summed E-state index contributed by atoms with van der Waals surface area (Å²) in [6.45, 7) is 3.30. The van der Waals surface area contributed by atoms with Gasteiger partial charge < -0.3 is 9.25 Å². The highest BCUT2D eigenvalue weighted by molar-refractivity contribution is 6.11. The number of hydrogen-bond acceptors (Lipinski definition) is 4. The van der Waals surface area contributed by atoms with Crippen molar-refractivity contribution in [2.45, 2.75) is 13.8 Å². The normalized spacial score (nSPS) is 11.3. The molecule has 1 heterocycles. The number of benzene rings is 1. The van der Waals surface area contributed by atoms with Gasteiger partial charge in [0, 0.05) is 12.5 Å². The van der Waals surface area contributed by atoms with Crippen molar-refractivity contribution < 1.29 is 14.0 Å². The van der Waals surface area contributed by atoms with Crippen LogP contribution in [0.5, 0.6) is 0 Å². The van der Waals surface area contributed by atoms with E-state index < -0.39 is 5.97 Å². The summed E-state index contributed by atoms with van der Waals surface area (Å²) in [7, 11) is 0. The third-order valence-corrected chi connectivity index (χ3v) is 2.35. The lowest BCUT2D eigenvalue weighted by molar-refractivity contribution is -0.140. The molecule has 0 N–H and O–H groups in total. The molecule has 1 aromatic heterocycles. The van der Waals surface area contributed by atoms with Gasteiger partial charge in [-0.15, -0.1) is 0 Å². The lowest BCUT2D eigenvalue weighted by Crippen LogP contribution is -2.05. The Morgan fingerprint density at radius 2 is 1.94 bits per heavy atom. The van der Waals surface area contributed by atoms with Gasteiger partial charge in [-0.05, 0) is 19.1 Å². The van der Waals surface area contributed by atoms with Crippen LogP contribution < -0.4 is 0 Å². The van der Waals surface area contributed by atoms with Crippen LogP contribution in [0.2, 0.25) is 0 Å². The van der Waals surface area contributed by atoms with Crippen LogP contribution in [0.3, 0.4) is 0 Å². The Hall–Kier alpha value is -2.36. The Kier molecular flexibility index (Phi) is 3.57. The molecule has 0 fully saturated rings. The van der Waals surface area contributed by atoms with E-state index in [2.05, 4.69) is 5.16 Å². The summed E-state index contributed by atoms with van der Waals surface area (Å²) in [5.41, 5.74) is 2.47. The molecule has 2 aromatic rings.